The van der Waals surface area contributed by atoms with Crippen LogP contribution in [-0.2, 0) is 0 Å². The molecule has 2 aromatic carbocycles. The molecule has 1 atom stereocenters. The van der Waals surface area contributed by atoms with Gasteiger partial charge in [0.05, 0.1) is 18.4 Å². The summed E-state index contributed by atoms with van der Waals surface area (Å²) in [6.07, 6.45) is 1.27. The fraction of sp³-hybridized carbons (Fsp3) is 0.200. The Hall–Kier alpha value is -2.99. The molecule has 1 aliphatic heterocycles. The number of aliphatic imine (C=N–C) groups is 1. The Labute approximate surface area is 161 Å². The Morgan fingerprint density at radius 3 is 2.59 bits per heavy atom. The first kappa shape index (κ1) is 17.4. The molecule has 138 valence electrons. The molecule has 1 unspecified atom stereocenters. The molecule has 7 heteroatoms. The third-order valence-corrected chi connectivity index (χ3v) is 5.02. The molecule has 2 N–H and O–H groups in total. The number of amidine groups is 1. The smallest absolute Gasteiger partial charge is 0.333 e. The number of benzene rings is 2. The van der Waals surface area contributed by atoms with Crippen molar-refractivity contribution < 1.29 is 5.11 Å². The number of aromatic hydroxyl groups is 1. The van der Waals surface area contributed by atoms with E-state index in [0.717, 1.165) is 22.5 Å². The summed E-state index contributed by atoms with van der Waals surface area (Å²) in [4.78, 5) is 21.1. The van der Waals surface area contributed by atoms with Crippen LogP contribution in [0.3, 0.4) is 0 Å². The van der Waals surface area contributed by atoms with E-state index in [1.54, 1.807) is 0 Å². The van der Waals surface area contributed by atoms with Crippen molar-refractivity contribution >= 4 is 17.4 Å². The first-order valence-corrected chi connectivity index (χ1v) is 8.95. The van der Waals surface area contributed by atoms with Gasteiger partial charge in [-0.25, -0.2) is 9.36 Å². The predicted octanol–water partition coefficient (Wildman–Crippen LogP) is 2.98. The summed E-state index contributed by atoms with van der Waals surface area (Å²) < 4.78 is 1.22. The highest BCUT2D eigenvalue weighted by molar-refractivity contribution is 6.30. The quantitative estimate of drug-likeness (QED) is 0.715. The normalized spacial score (nSPS) is 16.0. The van der Waals surface area contributed by atoms with Gasteiger partial charge in [-0.2, -0.15) is 0 Å². The number of imidazole rings is 1. The average molecular weight is 383 g/mol. The molecule has 2 heterocycles. The van der Waals surface area contributed by atoms with Gasteiger partial charge in [0.25, 0.3) is 0 Å². The van der Waals surface area contributed by atoms with Crippen LogP contribution in [0.15, 0.2) is 58.4 Å². The molecule has 0 radical (unpaired) electrons. The minimum Gasteiger partial charge on any atom is -0.493 e. The molecule has 0 saturated carbocycles. The second-order valence-corrected chi connectivity index (χ2v) is 7.16. The van der Waals surface area contributed by atoms with Gasteiger partial charge < -0.3 is 15.0 Å². The number of aromatic nitrogens is 2. The Balaban J connectivity index is 1.75. The Morgan fingerprint density at radius 2 is 1.96 bits per heavy atom. The lowest BCUT2D eigenvalue weighted by Gasteiger charge is -2.28. The topological polar surface area (TPSA) is 73.6 Å². The third-order valence-electron chi connectivity index (χ3n) is 4.79. The van der Waals surface area contributed by atoms with Crippen molar-refractivity contribution in [3.8, 4) is 11.6 Å². The van der Waals surface area contributed by atoms with Crippen LogP contribution in [0.25, 0.3) is 5.69 Å². The van der Waals surface area contributed by atoms with Crippen molar-refractivity contribution in [1.82, 2.24) is 14.5 Å². The van der Waals surface area contributed by atoms with Crippen molar-refractivity contribution in [1.29, 1.82) is 0 Å². The van der Waals surface area contributed by atoms with E-state index in [1.165, 1.54) is 10.8 Å². The number of nitrogens with one attached hydrogen (secondary N) is 1. The lowest BCUT2D eigenvalue weighted by Crippen LogP contribution is -2.29. The summed E-state index contributed by atoms with van der Waals surface area (Å²) in [7, 11) is 3.96. The van der Waals surface area contributed by atoms with Crippen molar-refractivity contribution in [2.24, 2.45) is 4.99 Å². The molecule has 0 saturated heterocycles. The first-order valence-electron chi connectivity index (χ1n) is 8.57. The second-order valence-electron chi connectivity index (χ2n) is 6.72. The molecular formula is C20H19ClN4O2. The molecule has 4 rings (SSSR count). The van der Waals surface area contributed by atoms with E-state index in [-0.39, 0.29) is 17.5 Å². The van der Waals surface area contributed by atoms with Gasteiger partial charge in [0.1, 0.15) is 5.84 Å². The van der Waals surface area contributed by atoms with Crippen molar-refractivity contribution in [3.05, 3.63) is 80.9 Å². The van der Waals surface area contributed by atoms with Gasteiger partial charge in [-0.3, -0.25) is 4.99 Å². The predicted molar refractivity (Wildman–Crippen MR) is 106 cm³/mol. The molecule has 1 aliphatic rings. The lowest BCUT2D eigenvalue weighted by molar-refractivity contribution is 0.441. The van der Waals surface area contributed by atoms with E-state index in [1.807, 2.05) is 61.5 Å². The maximum Gasteiger partial charge on any atom is 0.333 e. The summed E-state index contributed by atoms with van der Waals surface area (Å²) in [6, 6.07) is 13.4. The summed E-state index contributed by atoms with van der Waals surface area (Å²) >= 11 is 6.26. The number of H-pyrrole nitrogens is 1. The van der Waals surface area contributed by atoms with E-state index in [2.05, 4.69) is 4.98 Å². The van der Waals surface area contributed by atoms with Crippen LogP contribution in [0.5, 0.6) is 5.88 Å². The summed E-state index contributed by atoms with van der Waals surface area (Å²) in [5, 5.41) is 10.5. The summed E-state index contributed by atoms with van der Waals surface area (Å²) in [5.74, 6) is 0.897. The van der Waals surface area contributed by atoms with E-state index in [9.17, 15) is 9.90 Å². The van der Waals surface area contributed by atoms with Crippen molar-refractivity contribution in [2.75, 3.05) is 20.6 Å². The van der Waals surface area contributed by atoms with Gasteiger partial charge >= 0.3 is 5.69 Å². The van der Waals surface area contributed by atoms with Crippen LogP contribution in [-0.4, -0.2) is 46.0 Å². The fourth-order valence-corrected chi connectivity index (χ4v) is 3.70. The molecule has 1 aromatic heterocycles. The molecule has 0 spiro atoms. The monoisotopic (exact) mass is 382 g/mol. The van der Waals surface area contributed by atoms with E-state index in [0.29, 0.717) is 17.3 Å². The molecule has 0 fully saturated rings. The lowest BCUT2D eigenvalue weighted by atomic mass is 9.85. The highest BCUT2D eigenvalue weighted by Crippen LogP contribution is 2.34. The number of halogens is 1. The van der Waals surface area contributed by atoms with Crippen molar-refractivity contribution in [2.45, 2.75) is 5.92 Å². The SMILES string of the molecule is CN(C)C1=NCC(c2ccc(-n3c(O)c[nH]c3=O)cc2)c2cc(Cl)ccc21. The van der Waals surface area contributed by atoms with E-state index < -0.39 is 0 Å². The zero-order chi connectivity index (χ0) is 19.1. The second kappa shape index (κ2) is 6.63. The van der Waals surface area contributed by atoms with Crippen LogP contribution >= 0.6 is 11.6 Å². The Bertz CT molecular complexity index is 1080. The van der Waals surface area contributed by atoms with Crippen LogP contribution in [0.2, 0.25) is 5.02 Å². The average Bonchev–Trinajstić information content (AvgIpc) is 2.99. The molecule has 3 aromatic rings. The largest absolute Gasteiger partial charge is 0.493 e. The Morgan fingerprint density at radius 1 is 1.22 bits per heavy atom. The molecule has 6 nitrogen and oxygen atoms in total. The molecule has 0 amide bonds. The van der Waals surface area contributed by atoms with E-state index in [4.69, 9.17) is 16.6 Å². The van der Waals surface area contributed by atoms with Gasteiger partial charge in [0.15, 0.2) is 0 Å². The van der Waals surface area contributed by atoms with Gasteiger partial charge in [-0.1, -0.05) is 23.7 Å². The number of aromatic amines is 1. The van der Waals surface area contributed by atoms with Crippen LogP contribution in [0, 0.1) is 0 Å². The maximum atomic E-state index is 11.8. The van der Waals surface area contributed by atoms with Crippen molar-refractivity contribution in [3.63, 3.8) is 0 Å². The van der Waals surface area contributed by atoms with Crippen LogP contribution in [0.4, 0.5) is 0 Å². The summed E-state index contributed by atoms with van der Waals surface area (Å²) in [6.45, 7) is 0.621. The third kappa shape index (κ3) is 3.02. The van der Waals surface area contributed by atoms with E-state index >= 15 is 0 Å². The minimum absolute atomic E-state index is 0.0768. The van der Waals surface area contributed by atoms with Gasteiger partial charge in [-0.15, -0.1) is 0 Å². The number of nitrogens with zero attached hydrogens (tertiary/aromatic N) is 3. The Kier molecular flexibility index (Phi) is 4.28. The zero-order valence-corrected chi connectivity index (χ0v) is 15.7. The molecule has 0 aliphatic carbocycles. The van der Waals surface area contributed by atoms with Gasteiger partial charge in [-0.05, 0) is 41.5 Å². The number of hydrogen-bond donors (Lipinski definition) is 2. The number of hydrogen-bond acceptors (Lipinski definition) is 4. The maximum absolute atomic E-state index is 11.8. The standard InChI is InChI=1S/C20H19ClN4O2/c1-24(2)19-15-8-5-13(21)9-16(15)17(10-22-19)12-3-6-14(7-4-12)25-18(26)11-23-20(25)27/h3-9,11,17,26H,10H2,1-2H3,(H,23,27). The molecule has 27 heavy (non-hydrogen) atoms. The highest BCUT2D eigenvalue weighted by atomic mass is 35.5. The molecule has 0 bridgehead atoms. The molecular weight excluding hydrogens is 364 g/mol. The fourth-order valence-electron chi connectivity index (χ4n) is 3.52. The first-order chi connectivity index (χ1) is 13.0. The minimum atomic E-state index is -0.379. The highest BCUT2D eigenvalue weighted by Gasteiger charge is 2.25. The van der Waals surface area contributed by atoms with Crippen LogP contribution < -0.4 is 5.69 Å². The number of fused-ring (bicyclic) bond motifs is 1. The number of rotatable bonds is 2. The zero-order valence-electron chi connectivity index (χ0n) is 15.0. The summed E-state index contributed by atoms with van der Waals surface area (Å²) in [5.41, 5.74) is 3.50. The van der Waals surface area contributed by atoms with Crippen LogP contribution in [0.1, 0.15) is 22.6 Å². The van der Waals surface area contributed by atoms with Gasteiger partial charge in [0, 0.05) is 30.6 Å². The van der Waals surface area contributed by atoms with Gasteiger partial charge in [0.2, 0.25) is 5.88 Å².